The van der Waals surface area contributed by atoms with Gasteiger partial charge in [-0.25, -0.2) is 0 Å². The van der Waals surface area contributed by atoms with Gasteiger partial charge in [-0.15, -0.1) is 11.8 Å². The minimum atomic E-state index is -0.668. The highest BCUT2D eigenvalue weighted by Gasteiger charge is 2.75. The molecule has 9 heteroatoms. The molecule has 3 N–H and O–H groups in total. The molecule has 3 rings (SSSR count). The Kier molecular flexibility index (Phi) is 6.66. The topological polar surface area (TPSA) is 98.7 Å². The third-order valence-corrected chi connectivity index (χ3v) is 9.56. The highest BCUT2D eigenvalue weighted by Crippen LogP contribution is 2.67. The predicted octanol–water partition coefficient (Wildman–Crippen LogP) is 0.884. The number of likely N-dealkylation sites (tertiary alicyclic amines) is 1. The molecule has 7 nitrogen and oxygen atoms in total. The molecule has 3 heterocycles. The fourth-order valence-corrected chi connectivity index (χ4v) is 8.68. The first-order valence-electron chi connectivity index (χ1n) is 10.1. The second-order valence-corrected chi connectivity index (χ2v) is 10.8. The molecule has 0 aromatic heterocycles. The van der Waals surface area contributed by atoms with Crippen LogP contribution in [0.5, 0.6) is 0 Å². The lowest BCUT2D eigenvalue weighted by Gasteiger charge is -2.36. The number of carbonyl (C=O) groups is 3. The summed E-state index contributed by atoms with van der Waals surface area (Å²) < 4.78 is -0.634. The molecule has 3 saturated heterocycles. The van der Waals surface area contributed by atoms with Crippen LogP contribution in [0.2, 0.25) is 0 Å². The summed E-state index contributed by atoms with van der Waals surface area (Å²) in [6, 6.07) is -1.14. The lowest BCUT2D eigenvalue weighted by molar-refractivity contribution is -0.142. The third kappa shape index (κ3) is 3.27. The Morgan fingerprint density at radius 3 is 2.71 bits per heavy atom. The van der Waals surface area contributed by atoms with Gasteiger partial charge < -0.3 is 20.6 Å². The van der Waals surface area contributed by atoms with Gasteiger partial charge in [-0.1, -0.05) is 35.7 Å². The van der Waals surface area contributed by atoms with E-state index in [0.717, 1.165) is 19.3 Å². The SMILES string of the molecule is CCCCCNC(=O)C1N([C@H](C)CO)C(=O)[C@@H]2[C@H](C(=O)NC)[C@H]3SC12CC3Br. The van der Waals surface area contributed by atoms with E-state index in [2.05, 4.69) is 33.5 Å². The van der Waals surface area contributed by atoms with Gasteiger partial charge in [0.2, 0.25) is 17.7 Å². The smallest absolute Gasteiger partial charge is 0.244 e. The van der Waals surface area contributed by atoms with Crippen LogP contribution in [0.3, 0.4) is 0 Å². The molecule has 0 aromatic carbocycles. The van der Waals surface area contributed by atoms with Gasteiger partial charge in [0.15, 0.2) is 0 Å². The number of fused-ring (bicyclic) bond motifs is 1. The second-order valence-electron chi connectivity index (χ2n) is 8.05. The molecule has 158 valence electrons. The molecular formula is C19H30BrN3O4S. The van der Waals surface area contributed by atoms with Crippen LogP contribution in [0.1, 0.15) is 39.5 Å². The molecule has 2 bridgehead atoms. The van der Waals surface area contributed by atoms with Gasteiger partial charge in [-0.3, -0.25) is 14.4 Å². The number of alkyl halides is 1. The number of hydrogen-bond acceptors (Lipinski definition) is 5. The molecule has 1 spiro atoms. The zero-order valence-electron chi connectivity index (χ0n) is 16.6. The monoisotopic (exact) mass is 475 g/mol. The summed E-state index contributed by atoms with van der Waals surface area (Å²) in [5.74, 6) is -1.50. The normalized spacial score (nSPS) is 37.1. The number of rotatable bonds is 8. The van der Waals surface area contributed by atoms with Crippen LogP contribution >= 0.6 is 27.7 Å². The van der Waals surface area contributed by atoms with Crippen molar-refractivity contribution in [2.75, 3.05) is 20.2 Å². The number of hydrogen-bond donors (Lipinski definition) is 3. The van der Waals surface area contributed by atoms with Gasteiger partial charge in [-0.05, 0) is 19.8 Å². The molecule has 3 unspecified atom stereocenters. The summed E-state index contributed by atoms with van der Waals surface area (Å²) in [5, 5.41) is 15.4. The van der Waals surface area contributed by atoms with Crippen LogP contribution in [-0.2, 0) is 14.4 Å². The van der Waals surface area contributed by atoms with Crippen LogP contribution in [0, 0.1) is 11.8 Å². The van der Waals surface area contributed by atoms with Gasteiger partial charge >= 0.3 is 0 Å². The minimum Gasteiger partial charge on any atom is -0.394 e. The number of nitrogens with one attached hydrogen (secondary N) is 2. The Balaban J connectivity index is 1.95. The minimum absolute atomic E-state index is 0.0316. The average Bonchev–Trinajstić information content (AvgIpc) is 3.27. The van der Waals surface area contributed by atoms with Crippen molar-refractivity contribution >= 4 is 45.4 Å². The van der Waals surface area contributed by atoms with Crippen molar-refractivity contribution in [3.63, 3.8) is 0 Å². The quantitative estimate of drug-likeness (QED) is 0.357. The first-order chi connectivity index (χ1) is 13.3. The number of carbonyl (C=O) groups excluding carboxylic acids is 3. The van der Waals surface area contributed by atoms with Crippen molar-refractivity contribution in [3.8, 4) is 0 Å². The van der Waals surface area contributed by atoms with Gasteiger partial charge in [0.05, 0.1) is 29.2 Å². The summed E-state index contributed by atoms with van der Waals surface area (Å²) in [4.78, 5) is 40.9. The lowest BCUT2D eigenvalue weighted by Crippen LogP contribution is -2.56. The zero-order chi connectivity index (χ0) is 20.6. The molecule has 28 heavy (non-hydrogen) atoms. The van der Waals surface area contributed by atoms with Crippen LogP contribution < -0.4 is 10.6 Å². The zero-order valence-corrected chi connectivity index (χ0v) is 19.0. The summed E-state index contributed by atoms with van der Waals surface area (Å²) in [7, 11) is 1.58. The Hall–Kier alpha value is -0.800. The van der Waals surface area contributed by atoms with E-state index in [1.54, 1.807) is 30.6 Å². The molecule has 7 atom stereocenters. The number of unbranched alkanes of at least 4 members (excludes halogenated alkanes) is 2. The van der Waals surface area contributed by atoms with Crippen LogP contribution in [-0.4, -0.2) is 74.8 Å². The number of halogens is 1. The predicted molar refractivity (Wildman–Crippen MR) is 112 cm³/mol. The van der Waals surface area contributed by atoms with E-state index >= 15 is 0 Å². The van der Waals surface area contributed by atoms with Crippen molar-refractivity contribution < 1.29 is 19.5 Å². The lowest BCUT2D eigenvalue weighted by atomic mass is 9.70. The first kappa shape index (κ1) is 21.9. The van der Waals surface area contributed by atoms with E-state index in [1.165, 1.54) is 0 Å². The molecule has 3 fully saturated rings. The van der Waals surface area contributed by atoms with E-state index in [0.29, 0.717) is 13.0 Å². The second kappa shape index (κ2) is 8.52. The van der Waals surface area contributed by atoms with Crippen molar-refractivity contribution in [1.29, 1.82) is 0 Å². The largest absolute Gasteiger partial charge is 0.394 e. The van der Waals surface area contributed by atoms with E-state index in [9.17, 15) is 19.5 Å². The maximum atomic E-state index is 13.4. The highest BCUT2D eigenvalue weighted by atomic mass is 79.9. The Morgan fingerprint density at radius 2 is 2.11 bits per heavy atom. The van der Waals surface area contributed by atoms with Crippen LogP contribution in [0.4, 0.5) is 0 Å². The summed E-state index contributed by atoms with van der Waals surface area (Å²) in [5.41, 5.74) is 0. The van der Waals surface area contributed by atoms with Crippen LogP contribution in [0.15, 0.2) is 0 Å². The van der Waals surface area contributed by atoms with Crippen molar-refractivity contribution in [1.82, 2.24) is 15.5 Å². The number of aliphatic hydroxyl groups is 1. The van der Waals surface area contributed by atoms with E-state index in [4.69, 9.17) is 0 Å². The van der Waals surface area contributed by atoms with E-state index < -0.39 is 28.7 Å². The standard InChI is InChI=1S/C19H30BrN3O4S/c1-4-5-6-7-22-17(26)15-19-8-11(20)14(28-19)12(16(25)21-3)13(19)18(27)23(15)10(2)9-24/h10-15,24H,4-9H2,1-3H3,(H,21,25)(H,22,26)/t10-,11?,12+,13+,14+,15?,19?/m1/s1. The van der Waals surface area contributed by atoms with E-state index in [1.807, 2.05) is 0 Å². The summed E-state index contributed by atoms with van der Waals surface area (Å²) >= 11 is 5.31. The molecule has 0 radical (unpaired) electrons. The van der Waals surface area contributed by atoms with Gasteiger partial charge in [0.1, 0.15) is 6.04 Å². The number of aliphatic hydroxyl groups excluding tert-OH is 1. The maximum Gasteiger partial charge on any atom is 0.244 e. The molecule has 3 aliphatic rings. The van der Waals surface area contributed by atoms with Crippen molar-refractivity contribution in [3.05, 3.63) is 0 Å². The van der Waals surface area contributed by atoms with Crippen LogP contribution in [0.25, 0.3) is 0 Å². The Morgan fingerprint density at radius 1 is 1.39 bits per heavy atom. The molecule has 3 aliphatic heterocycles. The fourth-order valence-electron chi connectivity index (χ4n) is 5.08. The van der Waals surface area contributed by atoms with Gasteiger partial charge in [0.25, 0.3) is 0 Å². The number of thioether (sulfide) groups is 1. The summed E-state index contributed by atoms with van der Waals surface area (Å²) in [6.45, 7) is 4.22. The summed E-state index contributed by atoms with van der Waals surface area (Å²) in [6.07, 6.45) is 3.65. The molecule has 0 aliphatic carbocycles. The molecule has 0 aromatic rings. The van der Waals surface area contributed by atoms with Gasteiger partial charge in [0, 0.05) is 23.7 Å². The Bertz CT molecular complexity index is 651. The molecule has 0 saturated carbocycles. The van der Waals surface area contributed by atoms with Gasteiger partial charge in [-0.2, -0.15) is 0 Å². The number of nitrogens with zero attached hydrogens (tertiary/aromatic N) is 1. The average molecular weight is 476 g/mol. The Labute approximate surface area is 178 Å². The highest BCUT2D eigenvalue weighted by molar-refractivity contribution is 9.09. The molecular weight excluding hydrogens is 446 g/mol. The fraction of sp³-hybridized carbons (Fsp3) is 0.842. The first-order valence-corrected chi connectivity index (χ1v) is 11.9. The molecule has 3 amide bonds. The van der Waals surface area contributed by atoms with Crippen molar-refractivity contribution in [2.24, 2.45) is 11.8 Å². The third-order valence-electron chi connectivity index (χ3n) is 6.34. The maximum absolute atomic E-state index is 13.4. The number of amides is 3. The van der Waals surface area contributed by atoms with E-state index in [-0.39, 0.29) is 34.4 Å². The van der Waals surface area contributed by atoms with Crippen molar-refractivity contribution in [2.45, 2.75) is 66.4 Å².